The Morgan fingerprint density at radius 2 is 2.21 bits per heavy atom. The SMILES string of the molecule is COC(C)CNCC1CCCC(C)C1. The van der Waals surface area contributed by atoms with Crippen molar-refractivity contribution in [2.24, 2.45) is 11.8 Å². The van der Waals surface area contributed by atoms with Crippen molar-refractivity contribution in [1.29, 1.82) is 0 Å². The number of hydrogen-bond acceptors (Lipinski definition) is 2. The molecule has 1 aliphatic carbocycles. The summed E-state index contributed by atoms with van der Waals surface area (Å²) in [6.07, 6.45) is 6.03. The van der Waals surface area contributed by atoms with Crippen LogP contribution in [-0.4, -0.2) is 26.3 Å². The summed E-state index contributed by atoms with van der Waals surface area (Å²) in [7, 11) is 1.77. The lowest BCUT2D eigenvalue weighted by Gasteiger charge is -2.27. The first kappa shape index (κ1) is 12.0. The van der Waals surface area contributed by atoms with Crippen LogP contribution in [0.2, 0.25) is 0 Å². The Kier molecular flexibility index (Phi) is 5.49. The molecule has 0 aromatic carbocycles. The van der Waals surface area contributed by atoms with E-state index in [1.807, 2.05) is 0 Å². The van der Waals surface area contributed by atoms with E-state index in [0.717, 1.165) is 18.4 Å². The fraction of sp³-hybridized carbons (Fsp3) is 1.00. The maximum absolute atomic E-state index is 5.20. The molecule has 84 valence electrons. The van der Waals surface area contributed by atoms with Crippen molar-refractivity contribution in [2.45, 2.75) is 45.6 Å². The van der Waals surface area contributed by atoms with Gasteiger partial charge in [-0.05, 0) is 38.1 Å². The molecule has 1 fully saturated rings. The van der Waals surface area contributed by atoms with Gasteiger partial charge in [0, 0.05) is 13.7 Å². The molecule has 3 unspecified atom stereocenters. The summed E-state index contributed by atoms with van der Waals surface area (Å²) in [6, 6.07) is 0. The van der Waals surface area contributed by atoms with Gasteiger partial charge in [0.25, 0.3) is 0 Å². The van der Waals surface area contributed by atoms with E-state index in [0.29, 0.717) is 6.10 Å². The maximum atomic E-state index is 5.20. The van der Waals surface area contributed by atoms with Crippen molar-refractivity contribution >= 4 is 0 Å². The molecular formula is C12H25NO. The topological polar surface area (TPSA) is 21.3 Å². The normalized spacial score (nSPS) is 30.2. The Morgan fingerprint density at radius 3 is 2.86 bits per heavy atom. The van der Waals surface area contributed by atoms with Gasteiger partial charge in [-0.3, -0.25) is 0 Å². The van der Waals surface area contributed by atoms with Crippen LogP contribution in [0.3, 0.4) is 0 Å². The summed E-state index contributed by atoms with van der Waals surface area (Å²) < 4.78 is 5.20. The average molecular weight is 199 g/mol. The van der Waals surface area contributed by atoms with E-state index in [4.69, 9.17) is 4.74 Å². The number of ether oxygens (including phenoxy) is 1. The molecule has 1 N–H and O–H groups in total. The van der Waals surface area contributed by atoms with Crippen LogP contribution in [0.1, 0.15) is 39.5 Å². The van der Waals surface area contributed by atoms with Crippen molar-refractivity contribution in [3.8, 4) is 0 Å². The van der Waals surface area contributed by atoms with Crippen molar-refractivity contribution in [2.75, 3.05) is 20.2 Å². The lowest BCUT2D eigenvalue weighted by Crippen LogP contribution is -2.32. The predicted molar refractivity (Wildman–Crippen MR) is 60.5 cm³/mol. The standard InChI is InChI=1S/C12H25NO/c1-10-5-4-6-12(7-10)9-13-8-11(2)14-3/h10-13H,4-9H2,1-3H3. The molecule has 0 radical (unpaired) electrons. The van der Waals surface area contributed by atoms with Gasteiger partial charge in [-0.2, -0.15) is 0 Å². The number of hydrogen-bond donors (Lipinski definition) is 1. The summed E-state index contributed by atoms with van der Waals surface area (Å²) >= 11 is 0. The van der Waals surface area contributed by atoms with Crippen LogP contribution in [0.15, 0.2) is 0 Å². The molecule has 1 aliphatic rings. The molecule has 1 saturated carbocycles. The highest BCUT2D eigenvalue weighted by Gasteiger charge is 2.18. The van der Waals surface area contributed by atoms with E-state index in [1.54, 1.807) is 7.11 Å². The molecule has 2 nitrogen and oxygen atoms in total. The number of nitrogens with one attached hydrogen (secondary N) is 1. The summed E-state index contributed by atoms with van der Waals surface area (Å²) in [5.41, 5.74) is 0. The zero-order valence-electron chi connectivity index (χ0n) is 9.88. The minimum absolute atomic E-state index is 0.344. The minimum atomic E-state index is 0.344. The highest BCUT2D eigenvalue weighted by molar-refractivity contribution is 4.72. The molecule has 14 heavy (non-hydrogen) atoms. The third-order valence-corrected chi connectivity index (χ3v) is 3.31. The Hall–Kier alpha value is -0.0800. The van der Waals surface area contributed by atoms with Crippen LogP contribution in [0.5, 0.6) is 0 Å². The van der Waals surface area contributed by atoms with E-state index in [1.165, 1.54) is 32.2 Å². The fourth-order valence-corrected chi connectivity index (χ4v) is 2.32. The first-order chi connectivity index (χ1) is 6.72. The van der Waals surface area contributed by atoms with Crippen LogP contribution in [-0.2, 0) is 4.74 Å². The molecule has 0 bridgehead atoms. The number of methoxy groups -OCH3 is 1. The molecule has 2 heteroatoms. The minimum Gasteiger partial charge on any atom is -0.380 e. The highest BCUT2D eigenvalue weighted by Crippen LogP contribution is 2.27. The van der Waals surface area contributed by atoms with E-state index in [-0.39, 0.29) is 0 Å². The smallest absolute Gasteiger partial charge is 0.0667 e. The number of rotatable bonds is 5. The van der Waals surface area contributed by atoms with Crippen molar-refractivity contribution in [3.63, 3.8) is 0 Å². The Morgan fingerprint density at radius 1 is 1.43 bits per heavy atom. The molecule has 0 aromatic heterocycles. The zero-order chi connectivity index (χ0) is 10.4. The van der Waals surface area contributed by atoms with Gasteiger partial charge in [0.1, 0.15) is 0 Å². The van der Waals surface area contributed by atoms with Crippen LogP contribution >= 0.6 is 0 Å². The van der Waals surface area contributed by atoms with Gasteiger partial charge in [-0.25, -0.2) is 0 Å². The summed E-state index contributed by atoms with van der Waals surface area (Å²) in [6.45, 7) is 6.65. The van der Waals surface area contributed by atoms with E-state index < -0.39 is 0 Å². The summed E-state index contributed by atoms with van der Waals surface area (Å²) in [4.78, 5) is 0. The van der Waals surface area contributed by atoms with Gasteiger partial charge in [0.2, 0.25) is 0 Å². The van der Waals surface area contributed by atoms with E-state index >= 15 is 0 Å². The molecule has 3 atom stereocenters. The van der Waals surface area contributed by atoms with E-state index in [2.05, 4.69) is 19.2 Å². The molecule has 0 aromatic rings. The second-order valence-electron chi connectivity index (χ2n) is 4.84. The maximum Gasteiger partial charge on any atom is 0.0667 e. The Bertz CT molecular complexity index is 149. The largest absolute Gasteiger partial charge is 0.380 e. The van der Waals surface area contributed by atoms with Crippen LogP contribution in [0.25, 0.3) is 0 Å². The predicted octanol–water partition coefficient (Wildman–Crippen LogP) is 2.44. The molecule has 0 aliphatic heterocycles. The molecule has 0 amide bonds. The Labute approximate surface area is 88.4 Å². The fourth-order valence-electron chi connectivity index (χ4n) is 2.32. The lowest BCUT2D eigenvalue weighted by molar-refractivity contribution is 0.115. The monoisotopic (exact) mass is 199 g/mol. The van der Waals surface area contributed by atoms with Crippen molar-refractivity contribution in [1.82, 2.24) is 5.32 Å². The molecule has 0 saturated heterocycles. The zero-order valence-corrected chi connectivity index (χ0v) is 9.88. The second-order valence-corrected chi connectivity index (χ2v) is 4.84. The summed E-state index contributed by atoms with van der Waals surface area (Å²) in [5, 5.41) is 3.50. The van der Waals surface area contributed by atoms with Gasteiger partial charge < -0.3 is 10.1 Å². The third-order valence-electron chi connectivity index (χ3n) is 3.31. The van der Waals surface area contributed by atoms with Gasteiger partial charge in [-0.1, -0.05) is 19.8 Å². The van der Waals surface area contributed by atoms with Gasteiger partial charge in [0.15, 0.2) is 0 Å². The average Bonchev–Trinajstić information content (AvgIpc) is 2.17. The van der Waals surface area contributed by atoms with Crippen molar-refractivity contribution < 1.29 is 4.74 Å². The quantitative estimate of drug-likeness (QED) is 0.734. The van der Waals surface area contributed by atoms with Gasteiger partial charge >= 0.3 is 0 Å². The lowest BCUT2D eigenvalue weighted by atomic mass is 9.82. The Balaban J connectivity index is 2.05. The van der Waals surface area contributed by atoms with E-state index in [9.17, 15) is 0 Å². The first-order valence-corrected chi connectivity index (χ1v) is 5.96. The van der Waals surface area contributed by atoms with Crippen LogP contribution < -0.4 is 5.32 Å². The summed E-state index contributed by atoms with van der Waals surface area (Å²) in [5.74, 6) is 1.85. The van der Waals surface area contributed by atoms with Gasteiger partial charge in [-0.15, -0.1) is 0 Å². The van der Waals surface area contributed by atoms with Crippen LogP contribution in [0.4, 0.5) is 0 Å². The second kappa shape index (κ2) is 6.41. The molecule has 1 rings (SSSR count). The first-order valence-electron chi connectivity index (χ1n) is 5.96. The van der Waals surface area contributed by atoms with Gasteiger partial charge in [0.05, 0.1) is 6.10 Å². The highest BCUT2D eigenvalue weighted by atomic mass is 16.5. The third kappa shape index (κ3) is 4.43. The molecular weight excluding hydrogens is 174 g/mol. The molecule has 0 heterocycles. The van der Waals surface area contributed by atoms with Crippen LogP contribution in [0, 0.1) is 11.8 Å². The van der Waals surface area contributed by atoms with Crippen molar-refractivity contribution in [3.05, 3.63) is 0 Å². The molecule has 0 spiro atoms.